The van der Waals surface area contributed by atoms with Crippen molar-refractivity contribution in [1.82, 2.24) is 0 Å². The average molecular weight is 160 g/mol. The monoisotopic (exact) mass is 160 g/mol. The zero-order chi connectivity index (χ0) is 8.15. The maximum absolute atomic E-state index is 10.5. The fraction of sp³-hybridized carbons (Fsp3) is 0.667. The molecule has 10 heavy (non-hydrogen) atoms. The fourth-order valence-corrected chi connectivity index (χ4v) is 0.619. The molecule has 0 saturated carbocycles. The summed E-state index contributed by atoms with van der Waals surface area (Å²) in [4.78, 5) is 11.0. The third kappa shape index (κ3) is 4.40. The lowest BCUT2D eigenvalue weighted by atomic mass is 10.1. The van der Waals surface area contributed by atoms with Crippen molar-refractivity contribution >= 4 is 23.0 Å². The van der Waals surface area contributed by atoms with Gasteiger partial charge in [0.15, 0.2) is 0 Å². The van der Waals surface area contributed by atoms with E-state index in [1.807, 2.05) is 0 Å². The molecule has 0 radical (unpaired) electrons. The Bertz CT molecular complexity index is 147. The van der Waals surface area contributed by atoms with Gasteiger partial charge in [0.25, 0.3) is 0 Å². The summed E-state index contributed by atoms with van der Waals surface area (Å²) in [6.45, 7) is 1.46. The number of thiocarbonyl (C=S) groups is 1. The van der Waals surface area contributed by atoms with Crippen molar-refractivity contribution in [2.75, 3.05) is 0 Å². The summed E-state index contributed by atoms with van der Waals surface area (Å²) < 4.78 is 0. The van der Waals surface area contributed by atoms with Crippen LogP contribution < -0.4 is 11.5 Å². The van der Waals surface area contributed by atoms with Gasteiger partial charge in [-0.2, -0.15) is 0 Å². The van der Waals surface area contributed by atoms with Crippen LogP contribution in [-0.4, -0.2) is 16.8 Å². The molecule has 4 N–H and O–H groups in total. The second kappa shape index (κ2) is 4.35. The summed E-state index contributed by atoms with van der Waals surface area (Å²) in [6.07, 6.45) is 1.11. The van der Waals surface area contributed by atoms with Gasteiger partial charge in [0.2, 0.25) is 0 Å². The minimum absolute atomic E-state index is 0.0174. The van der Waals surface area contributed by atoms with Crippen molar-refractivity contribution in [1.29, 1.82) is 0 Å². The first kappa shape index (κ1) is 9.52. The fourth-order valence-electron chi connectivity index (χ4n) is 0.501. The van der Waals surface area contributed by atoms with Gasteiger partial charge in [0.1, 0.15) is 5.78 Å². The summed E-state index contributed by atoms with van der Waals surface area (Å²) >= 11 is 4.61. The molecule has 0 saturated heterocycles. The Hall–Kier alpha value is -0.480. The summed E-state index contributed by atoms with van der Waals surface area (Å²) in [7, 11) is 0. The number of carbonyl (C=O) groups is 1. The molecule has 0 rings (SSSR count). The smallest absolute Gasteiger partial charge is 0.146 e. The van der Waals surface area contributed by atoms with Gasteiger partial charge < -0.3 is 11.5 Å². The van der Waals surface area contributed by atoms with Crippen LogP contribution in [0.3, 0.4) is 0 Å². The van der Waals surface area contributed by atoms with E-state index in [1.165, 1.54) is 6.92 Å². The van der Waals surface area contributed by atoms with E-state index < -0.39 is 6.04 Å². The van der Waals surface area contributed by atoms with Gasteiger partial charge in [-0.15, -0.1) is 0 Å². The van der Waals surface area contributed by atoms with Crippen molar-refractivity contribution in [3.05, 3.63) is 0 Å². The lowest BCUT2D eigenvalue weighted by molar-refractivity contribution is -0.118. The quantitative estimate of drug-likeness (QED) is 0.567. The van der Waals surface area contributed by atoms with Crippen molar-refractivity contribution < 1.29 is 4.79 Å². The maximum Gasteiger partial charge on any atom is 0.146 e. The molecule has 0 aromatic carbocycles. The maximum atomic E-state index is 10.5. The molecule has 0 heterocycles. The lowest BCUT2D eigenvalue weighted by Gasteiger charge is -2.04. The van der Waals surface area contributed by atoms with E-state index in [0.29, 0.717) is 17.8 Å². The van der Waals surface area contributed by atoms with Gasteiger partial charge in [-0.05, 0) is 19.8 Å². The molecule has 0 spiro atoms. The number of Topliss-reactive ketones (excluding diaryl/α,β-unsaturated/α-hetero) is 1. The number of ketones is 1. The van der Waals surface area contributed by atoms with E-state index in [9.17, 15) is 4.79 Å². The minimum atomic E-state index is -0.401. The highest BCUT2D eigenvalue weighted by atomic mass is 32.1. The topological polar surface area (TPSA) is 69.1 Å². The van der Waals surface area contributed by atoms with Crippen molar-refractivity contribution in [3.8, 4) is 0 Å². The summed E-state index contributed by atoms with van der Waals surface area (Å²) in [5.74, 6) is -0.0174. The summed E-state index contributed by atoms with van der Waals surface area (Å²) in [5, 5.41) is 0. The molecule has 0 aromatic heterocycles. The van der Waals surface area contributed by atoms with Crippen LogP contribution in [0.4, 0.5) is 0 Å². The van der Waals surface area contributed by atoms with Crippen molar-refractivity contribution in [2.45, 2.75) is 25.8 Å². The predicted molar refractivity (Wildman–Crippen MR) is 44.7 cm³/mol. The van der Waals surface area contributed by atoms with E-state index >= 15 is 0 Å². The van der Waals surface area contributed by atoms with Gasteiger partial charge in [-0.25, -0.2) is 0 Å². The van der Waals surface area contributed by atoms with Crippen LogP contribution in [0.15, 0.2) is 0 Å². The Kier molecular flexibility index (Phi) is 4.14. The highest BCUT2D eigenvalue weighted by Crippen LogP contribution is 1.94. The predicted octanol–water partition coefficient (Wildman–Crippen LogP) is -0.0310. The van der Waals surface area contributed by atoms with Gasteiger partial charge in [0.05, 0.1) is 11.0 Å². The van der Waals surface area contributed by atoms with Crippen LogP contribution in [0.5, 0.6) is 0 Å². The summed E-state index contributed by atoms with van der Waals surface area (Å²) in [6, 6.07) is -0.401. The molecular formula is C6H12N2OS. The molecule has 0 aliphatic heterocycles. The Morgan fingerprint density at radius 3 is 2.50 bits per heavy atom. The average Bonchev–Trinajstić information content (AvgIpc) is 1.82. The zero-order valence-corrected chi connectivity index (χ0v) is 6.78. The largest absolute Gasteiger partial charge is 0.393 e. The van der Waals surface area contributed by atoms with E-state index in [2.05, 4.69) is 12.2 Å². The van der Waals surface area contributed by atoms with Crippen LogP contribution in [0.25, 0.3) is 0 Å². The molecule has 1 atom stereocenters. The lowest BCUT2D eigenvalue weighted by Crippen LogP contribution is -2.29. The number of nitrogens with two attached hydrogens (primary N) is 2. The minimum Gasteiger partial charge on any atom is -0.393 e. The van der Waals surface area contributed by atoms with Gasteiger partial charge in [-0.3, -0.25) is 4.79 Å². The molecule has 4 heteroatoms. The summed E-state index contributed by atoms with van der Waals surface area (Å²) in [5.41, 5.74) is 10.6. The van der Waals surface area contributed by atoms with Crippen molar-refractivity contribution in [3.63, 3.8) is 0 Å². The number of carbonyl (C=O) groups excluding carboxylic acids is 1. The van der Waals surface area contributed by atoms with Crippen molar-refractivity contribution in [2.24, 2.45) is 11.5 Å². The van der Waals surface area contributed by atoms with Gasteiger partial charge in [-0.1, -0.05) is 12.2 Å². The van der Waals surface area contributed by atoms with E-state index in [4.69, 9.17) is 11.5 Å². The van der Waals surface area contributed by atoms with E-state index in [0.717, 1.165) is 0 Å². The molecule has 0 aliphatic rings. The molecule has 0 amide bonds. The first-order chi connectivity index (χ1) is 4.54. The first-order valence-corrected chi connectivity index (χ1v) is 3.49. The Morgan fingerprint density at radius 1 is 1.70 bits per heavy atom. The van der Waals surface area contributed by atoms with Crippen LogP contribution in [0.2, 0.25) is 0 Å². The molecule has 1 unspecified atom stereocenters. The molecular weight excluding hydrogens is 148 g/mol. The molecule has 3 nitrogen and oxygen atoms in total. The standard InChI is InChI=1S/C6H12N2OS/c1-4(9)5(7)2-3-6(8)10/h5H,2-3,7H2,1H3,(H2,8,10). The van der Waals surface area contributed by atoms with Crippen LogP contribution in [0.1, 0.15) is 19.8 Å². The van der Waals surface area contributed by atoms with E-state index in [-0.39, 0.29) is 5.78 Å². The van der Waals surface area contributed by atoms with Crippen LogP contribution in [-0.2, 0) is 4.79 Å². The van der Waals surface area contributed by atoms with Gasteiger partial charge >= 0.3 is 0 Å². The first-order valence-electron chi connectivity index (χ1n) is 3.08. The molecule has 0 bridgehead atoms. The third-order valence-corrected chi connectivity index (χ3v) is 1.43. The second-order valence-corrected chi connectivity index (χ2v) is 2.75. The highest BCUT2D eigenvalue weighted by molar-refractivity contribution is 7.80. The number of hydrogen-bond donors (Lipinski definition) is 2. The SMILES string of the molecule is CC(=O)C(N)CCC(N)=S. The number of rotatable bonds is 4. The normalized spacial score (nSPS) is 12.6. The molecule has 0 aliphatic carbocycles. The van der Waals surface area contributed by atoms with E-state index in [1.54, 1.807) is 0 Å². The number of hydrogen-bond acceptors (Lipinski definition) is 3. The van der Waals surface area contributed by atoms with Crippen LogP contribution in [0, 0.1) is 0 Å². The Morgan fingerprint density at radius 2 is 2.20 bits per heavy atom. The zero-order valence-electron chi connectivity index (χ0n) is 5.96. The molecule has 58 valence electrons. The Balaban J connectivity index is 3.49. The van der Waals surface area contributed by atoms with Gasteiger partial charge in [0, 0.05) is 0 Å². The van der Waals surface area contributed by atoms with Crippen LogP contribution >= 0.6 is 12.2 Å². The second-order valence-electron chi connectivity index (χ2n) is 2.22. The Labute approximate surface area is 65.8 Å². The molecule has 0 aromatic rings. The third-order valence-electron chi connectivity index (χ3n) is 1.22. The highest BCUT2D eigenvalue weighted by Gasteiger charge is 2.06. The molecule has 0 fully saturated rings.